The van der Waals surface area contributed by atoms with E-state index in [0.29, 0.717) is 5.82 Å². The molecule has 0 spiro atoms. The monoisotopic (exact) mass is 675 g/mol. The predicted molar refractivity (Wildman–Crippen MR) is 221 cm³/mol. The smallest absolute Gasteiger partial charge is 0.160 e. The molecule has 53 heavy (non-hydrogen) atoms. The fraction of sp³-hybridized carbons (Fsp3) is 0.0200. The third kappa shape index (κ3) is 5.60. The molecule has 2 heterocycles. The minimum atomic E-state index is 0.685. The summed E-state index contributed by atoms with van der Waals surface area (Å²) in [5.74, 6) is 0.685. The van der Waals surface area contributed by atoms with Crippen LogP contribution in [0.5, 0.6) is 0 Å². The predicted octanol–water partition coefficient (Wildman–Crippen LogP) is 13.1. The molecule has 0 fully saturated rings. The number of pyridine rings is 1. The molecule has 0 aliphatic rings. The summed E-state index contributed by atoms with van der Waals surface area (Å²) >= 11 is 0. The lowest BCUT2D eigenvalue weighted by Gasteiger charge is -2.17. The van der Waals surface area contributed by atoms with Crippen LogP contribution in [0.25, 0.3) is 99.6 Å². The molecular weight excluding hydrogens is 643 g/mol. The zero-order valence-electron chi connectivity index (χ0n) is 29.2. The second-order valence-electron chi connectivity index (χ2n) is 13.7. The zero-order chi connectivity index (χ0) is 35.3. The number of hydrogen-bond donors (Lipinski definition) is 0. The van der Waals surface area contributed by atoms with Crippen LogP contribution in [-0.4, -0.2) is 15.0 Å². The zero-order valence-corrected chi connectivity index (χ0v) is 29.2. The van der Waals surface area contributed by atoms with Gasteiger partial charge in [-0.25, -0.2) is 9.97 Å². The second-order valence-corrected chi connectivity index (χ2v) is 13.7. The molecule has 0 aliphatic carbocycles. The van der Waals surface area contributed by atoms with Gasteiger partial charge >= 0.3 is 0 Å². The van der Waals surface area contributed by atoms with Crippen molar-refractivity contribution in [1.29, 1.82) is 0 Å². The Morgan fingerprint density at radius 3 is 1.62 bits per heavy atom. The van der Waals surface area contributed by atoms with E-state index in [9.17, 15) is 0 Å². The minimum Gasteiger partial charge on any atom is -0.261 e. The normalized spacial score (nSPS) is 11.5. The van der Waals surface area contributed by atoms with Gasteiger partial charge in [0.05, 0.1) is 11.4 Å². The molecule has 10 rings (SSSR count). The summed E-state index contributed by atoms with van der Waals surface area (Å²) in [5.41, 5.74) is 12.6. The first-order chi connectivity index (χ1) is 26.1. The highest BCUT2D eigenvalue weighted by Gasteiger charge is 2.17. The first kappa shape index (κ1) is 30.8. The average Bonchev–Trinajstić information content (AvgIpc) is 3.23. The van der Waals surface area contributed by atoms with E-state index in [4.69, 9.17) is 9.97 Å². The van der Waals surface area contributed by atoms with Gasteiger partial charge in [-0.05, 0) is 110 Å². The number of rotatable bonds is 6. The van der Waals surface area contributed by atoms with Crippen LogP contribution in [0.3, 0.4) is 0 Å². The van der Waals surface area contributed by atoms with E-state index in [2.05, 4.69) is 169 Å². The van der Waals surface area contributed by atoms with Gasteiger partial charge in [0, 0.05) is 34.1 Å². The molecule has 0 bridgehead atoms. The summed E-state index contributed by atoms with van der Waals surface area (Å²) in [6.07, 6.45) is 1.95. The summed E-state index contributed by atoms with van der Waals surface area (Å²) < 4.78 is 0. The molecule has 0 atom stereocenters. The van der Waals surface area contributed by atoms with Crippen molar-refractivity contribution in [2.75, 3.05) is 0 Å². The van der Waals surface area contributed by atoms with Gasteiger partial charge < -0.3 is 0 Å². The molecule has 3 heteroatoms. The first-order valence-electron chi connectivity index (χ1n) is 18.0. The van der Waals surface area contributed by atoms with Crippen molar-refractivity contribution < 1.29 is 0 Å². The van der Waals surface area contributed by atoms with E-state index in [1.165, 1.54) is 37.9 Å². The SMILES string of the molecule is Cc1ccc(-c2cccc(-c3cc(-c4nc(-c5ccccc5)cc(-c5ccccc5)n4)cc(-c4cc5cccc6ccc7cccc4c7c65)c3)c2)cn1. The second kappa shape index (κ2) is 12.7. The Balaban J connectivity index is 1.24. The Morgan fingerprint density at radius 1 is 0.358 bits per heavy atom. The highest BCUT2D eigenvalue weighted by atomic mass is 14.9. The maximum Gasteiger partial charge on any atom is 0.160 e. The van der Waals surface area contributed by atoms with Crippen molar-refractivity contribution in [3.63, 3.8) is 0 Å². The van der Waals surface area contributed by atoms with Crippen molar-refractivity contribution in [2.24, 2.45) is 0 Å². The number of aryl methyl sites for hydroxylation is 1. The Kier molecular flexibility index (Phi) is 7.36. The van der Waals surface area contributed by atoms with Gasteiger partial charge in [0.25, 0.3) is 0 Å². The number of aromatic nitrogens is 3. The quantitative estimate of drug-likeness (QED) is 0.165. The fourth-order valence-corrected chi connectivity index (χ4v) is 7.69. The van der Waals surface area contributed by atoms with Crippen molar-refractivity contribution in [3.05, 3.63) is 188 Å². The topological polar surface area (TPSA) is 38.7 Å². The van der Waals surface area contributed by atoms with Crippen LogP contribution >= 0.6 is 0 Å². The highest BCUT2D eigenvalue weighted by Crippen LogP contribution is 2.42. The summed E-state index contributed by atoms with van der Waals surface area (Å²) in [6, 6.07) is 62.8. The first-order valence-corrected chi connectivity index (χ1v) is 18.0. The summed E-state index contributed by atoms with van der Waals surface area (Å²) in [7, 11) is 0. The van der Waals surface area contributed by atoms with Crippen molar-refractivity contribution >= 4 is 32.3 Å². The van der Waals surface area contributed by atoms with Gasteiger partial charge in [-0.1, -0.05) is 133 Å². The largest absolute Gasteiger partial charge is 0.261 e. The lowest BCUT2D eigenvalue weighted by atomic mass is 9.87. The molecule has 0 N–H and O–H groups in total. The third-order valence-electron chi connectivity index (χ3n) is 10.3. The van der Waals surface area contributed by atoms with Crippen LogP contribution in [0.1, 0.15) is 5.69 Å². The molecule has 10 aromatic rings. The van der Waals surface area contributed by atoms with Crippen LogP contribution in [-0.2, 0) is 0 Å². The van der Waals surface area contributed by atoms with Crippen LogP contribution in [0.15, 0.2) is 182 Å². The van der Waals surface area contributed by atoms with Gasteiger partial charge in [-0.15, -0.1) is 0 Å². The van der Waals surface area contributed by atoms with E-state index < -0.39 is 0 Å². The Hall–Kier alpha value is -6.97. The number of benzene rings is 8. The van der Waals surface area contributed by atoms with Crippen molar-refractivity contribution in [3.8, 4) is 67.3 Å². The molecule has 2 aromatic heterocycles. The van der Waals surface area contributed by atoms with E-state index in [1.54, 1.807) is 0 Å². The van der Waals surface area contributed by atoms with Gasteiger partial charge in [0.2, 0.25) is 0 Å². The molecule has 0 unspecified atom stereocenters. The Labute approximate surface area is 308 Å². The van der Waals surface area contributed by atoms with Crippen molar-refractivity contribution in [2.45, 2.75) is 6.92 Å². The van der Waals surface area contributed by atoms with Gasteiger partial charge in [-0.3, -0.25) is 4.98 Å². The molecule has 8 aromatic carbocycles. The molecule has 0 amide bonds. The maximum atomic E-state index is 5.26. The maximum absolute atomic E-state index is 5.26. The fourth-order valence-electron chi connectivity index (χ4n) is 7.69. The van der Waals surface area contributed by atoms with Crippen LogP contribution < -0.4 is 0 Å². The molecule has 3 nitrogen and oxygen atoms in total. The molecular formula is C50H33N3. The lowest BCUT2D eigenvalue weighted by Crippen LogP contribution is -1.97. The molecule has 0 saturated heterocycles. The van der Waals surface area contributed by atoms with Gasteiger partial charge in [0.15, 0.2) is 5.82 Å². The minimum absolute atomic E-state index is 0.685. The van der Waals surface area contributed by atoms with E-state index in [1.807, 2.05) is 25.3 Å². The standard InChI is InChI=1S/C50H33N3/c1-32-21-22-40(31-51-32)37-17-9-18-38(25-37)41-26-42(45-29-39-19-8-15-35-23-24-36-16-10-20-44(45)49(36)48(35)39)28-43(27-41)50-52-46(33-11-4-2-5-12-33)30-47(53-50)34-13-6-3-7-14-34/h2-31H,1H3. The summed E-state index contributed by atoms with van der Waals surface area (Å²) in [6.45, 7) is 2.02. The van der Waals surface area contributed by atoms with Crippen LogP contribution in [0.2, 0.25) is 0 Å². The van der Waals surface area contributed by atoms with Crippen molar-refractivity contribution in [1.82, 2.24) is 15.0 Å². The number of hydrogen-bond acceptors (Lipinski definition) is 3. The molecule has 0 saturated carbocycles. The lowest BCUT2D eigenvalue weighted by molar-refractivity contribution is 1.18. The summed E-state index contributed by atoms with van der Waals surface area (Å²) in [4.78, 5) is 15.1. The third-order valence-corrected chi connectivity index (χ3v) is 10.3. The van der Waals surface area contributed by atoms with Gasteiger partial charge in [-0.2, -0.15) is 0 Å². The summed E-state index contributed by atoms with van der Waals surface area (Å²) in [5, 5.41) is 7.58. The highest BCUT2D eigenvalue weighted by molar-refractivity contribution is 6.26. The van der Waals surface area contributed by atoms with E-state index >= 15 is 0 Å². The molecule has 248 valence electrons. The molecule has 0 radical (unpaired) electrons. The van der Waals surface area contributed by atoms with Gasteiger partial charge in [0.1, 0.15) is 0 Å². The van der Waals surface area contributed by atoms with Crippen LogP contribution in [0, 0.1) is 6.92 Å². The Bertz CT molecular complexity index is 2870. The average molecular weight is 676 g/mol. The molecule has 0 aliphatic heterocycles. The van der Waals surface area contributed by atoms with Crippen LogP contribution in [0.4, 0.5) is 0 Å². The van der Waals surface area contributed by atoms with E-state index in [-0.39, 0.29) is 0 Å². The Morgan fingerprint density at radius 2 is 0.925 bits per heavy atom. The number of nitrogens with zero attached hydrogens (tertiary/aromatic N) is 3. The van der Waals surface area contributed by atoms with E-state index in [0.717, 1.165) is 61.6 Å².